The molecule has 120 valence electrons. The Morgan fingerprint density at radius 1 is 1.17 bits per heavy atom. The second-order valence-electron chi connectivity index (χ2n) is 5.87. The maximum atomic E-state index is 13.5. The van der Waals surface area contributed by atoms with Gasteiger partial charge in [0.1, 0.15) is 11.6 Å². The Balaban J connectivity index is 1.55. The number of rotatable bonds is 5. The minimum atomic E-state index is -0.364. The quantitative estimate of drug-likeness (QED) is 0.884. The fraction of sp³-hybridized carbons (Fsp3) is 0.333. The Morgan fingerprint density at radius 3 is 2.65 bits per heavy atom. The van der Waals surface area contributed by atoms with E-state index in [1.807, 2.05) is 12.1 Å². The van der Waals surface area contributed by atoms with Crippen molar-refractivity contribution in [2.45, 2.75) is 38.1 Å². The number of nitrogens with zero attached hydrogens (tertiary/aromatic N) is 1. The molecule has 4 nitrogen and oxygen atoms in total. The fourth-order valence-electron chi connectivity index (χ4n) is 2.85. The number of hydrogen-bond donors (Lipinski definition) is 2. The molecule has 1 heterocycles. The molecule has 23 heavy (non-hydrogen) atoms. The number of halogens is 1. The predicted molar refractivity (Wildman–Crippen MR) is 88.8 cm³/mol. The van der Waals surface area contributed by atoms with E-state index in [-0.39, 0.29) is 18.1 Å². The number of benzene rings is 1. The summed E-state index contributed by atoms with van der Waals surface area (Å²) in [6, 6.07) is 10.5. The number of hydrogen-bond acceptors (Lipinski definition) is 3. The fourth-order valence-corrected chi connectivity index (χ4v) is 2.85. The lowest BCUT2D eigenvalue weighted by atomic mass is 10.1. The number of pyridine rings is 1. The summed E-state index contributed by atoms with van der Waals surface area (Å²) in [5.74, 6) is 0.203. The van der Waals surface area contributed by atoms with Gasteiger partial charge in [-0.2, -0.15) is 0 Å². The van der Waals surface area contributed by atoms with E-state index in [1.165, 1.54) is 31.7 Å². The normalized spacial score (nSPS) is 14.7. The molecule has 5 heteroatoms. The summed E-state index contributed by atoms with van der Waals surface area (Å²) in [5.41, 5.74) is 1.00. The summed E-state index contributed by atoms with van der Waals surface area (Å²) >= 11 is 0. The van der Waals surface area contributed by atoms with E-state index in [0.717, 1.165) is 5.82 Å². The molecule has 0 spiro atoms. The van der Waals surface area contributed by atoms with Crippen LogP contribution in [0.2, 0.25) is 0 Å². The average molecular weight is 313 g/mol. The van der Waals surface area contributed by atoms with Crippen molar-refractivity contribution in [3.63, 3.8) is 0 Å². The van der Waals surface area contributed by atoms with Gasteiger partial charge < -0.3 is 10.6 Å². The molecule has 1 amide bonds. The first-order valence-electron chi connectivity index (χ1n) is 7.96. The van der Waals surface area contributed by atoms with Crippen LogP contribution in [0, 0.1) is 5.82 Å². The molecule has 0 aliphatic heterocycles. The summed E-state index contributed by atoms with van der Waals surface area (Å²) in [4.78, 5) is 16.3. The van der Waals surface area contributed by atoms with Crippen LogP contribution in [-0.4, -0.2) is 16.9 Å². The van der Waals surface area contributed by atoms with E-state index in [1.54, 1.807) is 24.4 Å². The Kier molecular flexibility index (Phi) is 4.86. The Hall–Kier alpha value is -2.43. The Morgan fingerprint density at radius 2 is 1.96 bits per heavy atom. The van der Waals surface area contributed by atoms with Crippen LogP contribution in [0.1, 0.15) is 31.2 Å². The minimum absolute atomic E-state index is 0.00868. The van der Waals surface area contributed by atoms with Crippen molar-refractivity contribution >= 4 is 17.4 Å². The van der Waals surface area contributed by atoms with Gasteiger partial charge >= 0.3 is 0 Å². The molecular formula is C18H20FN3O. The maximum absolute atomic E-state index is 13.5. The summed E-state index contributed by atoms with van der Waals surface area (Å²) in [6.45, 7) is 0. The number of aromatic nitrogens is 1. The van der Waals surface area contributed by atoms with Crippen molar-refractivity contribution in [1.29, 1.82) is 0 Å². The van der Waals surface area contributed by atoms with Crippen LogP contribution in [0.3, 0.4) is 0 Å². The van der Waals surface area contributed by atoms with E-state index in [4.69, 9.17) is 0 Å². The van der Waals surface area contributed by atoms with Crippen molar-refractivity contribution in [3.8, 4) is 0 Å². The molecule has 0 saturated heterocycles. The van der Waals surface area contributed by atoms with E-state index in [9.17, 15) is 9.18 Å². The molecule has 0 unspecified atom stereocenters. The number of carbonyl (C=O) groups excluding carboxylic acids is 1. The first-order valence-corrected chi connectivity index (χ1v) is 7.96. The van der Waals surface area contributed by atoms with Gasteiger partial charge in [0, 0.05) is 6.04 Å². The number of anilines is 2. The lowest BCUT2D eigenvalue weighted by Gasteiger charge is -2.13. The molecule has 0 radical (unpaired) electrons. The maximum Gasteiger partial charge on any atom is 0.228 e. The summed E-state index contributed by atoms with van der Waals surface area (Å²) in [5, 5.41) is 6.14. The zero-order valence-corrected chi connectivity index (χ0v) is 12.9. The standard InChI is InChI=1S/C18H20FN3O/c19-16-8-4-1-5-13(16)11-18(23)22-15-9-10-17(20-12-15)21-14-6-2-3-7-14/h1,4-5,8-10,12,14H,2-3,6-7,11H2,(H,20,21)(H,22,23). The molecule has 1 aliphatic carbocycles. The molecule has 0 atom stereocenters. The van der Waals surface area contributed by atoms with Gasteiger partial charge in [-0.05, 0) is 36.6 Å². The lowest BCUT2D eigenvalue weighted by Crippen LogP contribution is -2.17. The summed E-state index contributed by atoms with van der Waals surface area (Å²) in [6.07, 6.45) is 6.53. The van der Waals surface area contributed by atoms with Crippen molar-refractivity contribution < 1.29 is 9.18 Å². The van der Waals surface area contributed by atoms with Gasteiger partial charge in [0.2, 0.25) is 5.91 Å². The zero-order chi connectivity index (χ0) is 16.1. The molecule has 0 bridgehead atoms. The second kappa shape index (κ2) is 7.22. The summed E-state index contributed by atoms with van der Waals surface area (Å²) in [7, 11) is 0. The largest absolute Gasteiger partial charge is 0.367 e. The van der Waals surface area contributed by atoms with Crippen LogP contribution < -0.4 is 10.6 Å². The van der Waals surface area contributed by atoms with E-state index in [2.05, 4.69) is 15.6 Å². The van der Waals surface area contributed by atoms with Crippen molar-refractivity contribution in [2.75, 3.05) is 10.6 Å². The predicted octanol–water partition coefficient (Wildman–Crippen LogP) is 3.76. The first-order chi connectivity index (χ1) is 11.2. The van der Waals surface area contributed by atoms with Gasteiger partial charge in [0.05, 0.1) is 18.3 Å². The van der Waals surface area contributed by atoms with Gasteiger partial charge in [-0.25, -0.2) is 9.37 Å². The highest BCUT2D eigenvalue weighted by molar-refractivity contribution is 5.92. The van der Waals surface area contributed by atoms with Crippen molar-refractivity contribution in [3.05, 3.63) is 54.0 Å². The Bertz CT molecular complexity index is 666. The van der Waals surface area contributed by atoms with Gasteiger partial charge in [0.25, 0.3) is 0 Å². The van der Waals surface area contributed by atoms with Gasteiger partial charge in [-0.15, -0.1) is 0 Å². The summed E-state index contributed by atoms with van der Waals surface area (Å²) < 4.78 is 13.5. The highest BCUT2D eigenvalue weighted by Gasteiger charge is 2.15. The lowest BCUT2D eigenvalue weighted by molar-refractivity contribution is -0.115. The molecule has 1 aromatic carbocycles. The second-order valence-corrected chi connectivity index (χ2v) is 5.87. The van der Waals surface area contributed by atoms with Crippen LogP contribution in [0.4, 0.5) is 15.9 Å². The van der Waals surface area contributed by atoms with E-state index in [0.29, 0.717) is 17.3 Å². The third-order valence-electron chi connectivity index (χ3n) is 4.06. The van der Waals surface area contributed by atoms with Gasteiger partial charge in [-0.3, -0.25) is 4.79 Å². The minimum Gasteiger partial charge on any atom is -0.367 e. The average Bonchev–Trinajstić information content (AvgIpc) is 3.04. The molecule has 1 aromatic heterocycles. The van der Waals surface area contributed by atoms with Crippen LogP contribution in [0.25, 0.3) is 0 Å². The van der Waals surface area contributed by atoms with Crippen LogP contribution in [0.5, 0.6) is 0 Å². The molecule has 2 aromatic rings. The zero-order valence-electron chi connectivity index (χ0n) is 12.9. The van der Waals surface area contributed by atoms with Crippen molar-refractivity contribution in [1.82, 2.24) is 4.98 Å². The molecule has 2 N–H and O–H groups in total. The molecule has 1 aliphatic rings. The topological polar surface area (TPSA) is 54.0 Å². The number of nitrogens with one attached hydrogen (secondary N) is 2. The molecule has 1 saturated carbocycles. The smallest absolute Gasteiger partial charge is 0.228 e. The molecule has 3 rings (SSSR count). The van der Waals surface area contributed by atoms with Crippen LogP contribution in [0.15, 0.2) is 42.6 Å². The first kappa shape index (κ1) is 15.5. The highest BCUT2D eigenvalue weighted by Crippen LogP contribution is 2.21. The highest BCUT2D eigenvalue weighted by atomic mass is 19.1. The number of amides is 1. The molecular weight excluding hydrogens is 293 g/mol. The van der Waals surface area contributed by atoms with Gasteiger partial charge in [0.15, 0.2) is 0 Å². The van der Waals surface area contributed by atoms with E-state index < -0.39 is 0 Å². The van der Waals surface area contributed by atoms with Crippen LogP contribution >= 0.6 is 0 Å². The van der Waals surface area contributed by atoms with Crippen molar-refractivity contribution in [2.24, 2.45) is 0 Å². The number of carbonyl (C=O) groups is 1. The third-order valence-corrected chi connectivity index (χ3v) is 4.06. The monoisotopic (exact) mass is 313 g/mol. The van der Waals surface area contributed by atoms with Crippen LogP contribution in [-0.2, 0) is 11.2 Å². The SMILES string of the molecule is O=C(Cc1ccccc1F)Nc1ccc(NC2CCCC2)nc1. The van der Waals surface area contributed by atoms with Gasteiger partial charge in [-0.1, -0.05) is 31.0 Å². The molecule has 1 fully saturated rings. The Labute approximate surface area is 135 Å². The van der Waals surface area contributed by atoms with E-state index >= 15 is 0 Å². The third kappa shape index (κ3) is 4.28.